The lowest BCUT2D eigenvalue weighted by atomic mass is 10.2. The van der Waals surface area contributed by atoms with Crippen molar-refractivity contribution in [2.24, 2.45) is 5.10 Å². The maximum Gasteiger partial charge on any atom is 0.356 e. The molecule has 5 heteroatoms. The Morgan fingerprint density at radius 2 is 1.78 bits per heavy atom. The number of hydrogen-bond acceptors (Lipinski definition) is 4. The van der Waals surface area contributed by atoms with Gasteiger partial charge in [0.1, 0.15) is 0 Å². The van der Waals surface area contributed by atoms with Crippen LogP contribution in [0.1, 0.15) is 5.56 Å². The highest BCUT2D eigenvalue weighted by Gasteiger charge is 2.12. The average Bonchev–Trinajstić information content (AvgIpc) is 2.41. The summed E-state index contributed by atoms with van der Waals surface area (Å²) < 4.78 is 0. The van der Waals surface area contributed by atoms with Gasteiger partial charge >= 0.3 is 5.97 Å². The van der Waals surface area contributed by atoms with Gasteiger partial charge in [-0.05, 0) is 24.3 Å². The van der Waals surface area contributed by atoms with Gasteiger partial charge in [0.15, 0.2) is 5.71 Å². The zero-order valence-electron chi connectivity index (χ0n) is 9.45. The van der Waals surface area contributed by atoms with Crippen LogP contribution in [-0.4, -0.2) is 21.8 Å². The third-order valence-electron chi connectivity index (χ3n) is 2.23. The van der Waals surface area contributed by atoms with Crippen LogP contribution < -0.4 is 5.43 Å². The molecule has 1 heterocycles. The Kier molecular flexibility index (Phi) is 3.66. The molecule has 0 aliphatic heterocycles. The maximum atomic E-state index is 11.1. The van der Waals surface area contributed by atoms with Gasteiger partial charge in [-0.15, -0.1) is 0 Å². The van der Waals surface area contributed by atoms with Gasteiger partial charge in [-0.1, -0.05) is 18.2 Å². The molecular formula is C13H11N3O2. The molecule has 5 nitrogen and oxygen atoms in total. The van der Waals surface area contributed by atoms with E-state index in [2.05, 4.69) is 15.5 Å². The van der Waals surface area contributed by atoms with E-state index in [1.807, 2.05) is 18.2 Å². The highest BCUT2D eigenvalue weighted by molar-refractivity contribution is 6.42. The van der Waals surface area contributed by atoms with Crippen molar-refractivity contribution in [3.8, 4) is 0 Å². The van der Waals surface area contributed by atoms with Gasteiger partial charge in [-0.2, -0.15) is 5.10 Å². The fourth-order valence-electron chi connectivity index (χ4n) is 1.38. The number of carboxylic acid groups (broad SMARTS) is 1. The molecule has 18 heavy (non-hydrogen) atoms. The lowest BCUT2D eigenvalue weighted by Gasteiger charge is -2.03. The van der Waals surface area contributed by atoms with Gasteiger partial charge in [0, 0.05) is 18.0 Å². The number of pyridine rings is 1. The van der Waals surface area contributed by atoms with Crippen molar-refractivity contribution in [1.29, 1.82) is 0 Å². The molecule has 0 spiro atoms. The average molecular weight is 241 g/mol. The van der Waals surface area contributed by atoms with Gasteiger partial charge in [0.05, 0.1) is 5.69 Å². The molecule has 0 radical (unpaired) electrons. The fourth-order valence-corrected chi connectivity index (χ4v) is 1.38. The Morgan fingerprint density at radius 3 is 2.39 bits per heavy atom. The molecule has 1 aromatic carbocycles. The van der Waals surface area contributed by atoms with Crippen LogP contribution in [0.5, 0.6) is 0 Å². The molecule has 2 rings (SSSR count). The predicted molar refractivity (Wildman–Crippen MR) is 68.5 cm³/mol. The number of nitrogens with zero attached hydrogens (tertiary/aromatic N) is 2. The van der Waals surface area contributed by atoms with E-state index < -0.39 is 5.97 Å². The Bertz CT molecular complexity index is 553. The van der Waals surface area contributed by atoms with Gasteiger partial charge in [0.25, 0.3) is 0 Å². The first-order valence-corrected chi connectivity index (χ1v) is 5.30. The number of para-hydroxylation sites is 1. The molecule has 0 atom stereocenters. The summed E-state index contributed by atoms with van der Waals surface area (Å²) in [6, 6.07) is 12.3. The quantitative estimate of drug-likeness (QED) is 0.634. The minimum absolute atomic E-state index is 0.0544. The van der Waals surface area contributed by atoms with Crippen LogP contribution in [0.4, 0.5) is 5.69 Å². The second-order valence-corrected chi connectivity index (χ2v) is 3.48. The third kappa shape index (κ3) is 2.91. The number of anilines is 1. The number of aliphatic carboxylic acids is 1. The van der Waals surface area contributed by atoms with Crippen LogP contribution in [0.3, 0.4) is 0 Å². The van der Waals surface area contributed by atoms with E-state index in [0.29, 0.717) is 5.56 Å². The van der Waals surface area contributed by atoms with Crippen molar-refractivity contribution in [3.05, 3.63) is 60.4 Å². The zero-order chi connectivity index (χ0) is 12.8. The molecule has 0 bridgehead atoms. The fraction of sp³-hybridized carbons (Fsp3) is 0. The van der Waals surface area contributed by atoms with Crippen LogP contribution >= 0.6 is 0 Å². The second kappa shape index (κ2) is 5.58. The first kappa shape index (κ1) is 11.8. The molecule has 0 fully saturated rings. The number of carbonyl (C=O) groups is 1. The SMILES string of the molecule is O=C(O)/C(=N\Nc1ccccc1)c1ccncc1. The summed E-state index contributed by atoms with van der Waals surface area (Å²) >= 11 is 0. The molecule has 2 aromatic rings. The lowest BCUT2D eigenvalue weighted by Crippen LogP contribution is -2.16. The number of rotatable bonds is 4. The summed E-state index contributed by atoms with van der Waals surface area (Å²) in [6.45, 7) is 0. The first-order valence-electron chi connectivity index (χ1n) is 5.30. The number of hydrogen-bond donors (Lipinski definition) is 2. The standard InChI is InChI=1S/C13H11N3O2/c17-13(18)12(10-6-8-14-9-7-10)16-15-11-4-2-1-3-5-11/h1-9,15H,(H,17,18)/b16-12-. The van der Waals surface area contributed by atoms with Crippen molar-refractivity contribution in [1.82, 2.24) is 4.98 Å². The predicted octanol–water partition coefficient (Wildman–Crippen LogP) is 1.98. The van der Waals surface area contributed by atoms with Crippen LogP contribution in [0, 0.1) is 0 Å². The molecule has 2 N–H and O–H groups in total. The summed E-state index contributed by atoms with van der Waals surface area (Å²) in [6.07, 6.45) is 3.05. The van der Waals surface area contributed by atoms with Gasteiger partial charge in [-0.25, -0.2) is 4.79 Å². The Balaban J connectivity index is 2.24. The summed E-state index contributed by atoms with van der Waals surface area (Å²) in [4.78, 5) is 15.0. The monoisotopic (exact) mass is 241 g/mol. The number of carboxylic acids is 1. The summed E-state index contributed by atoms with van der Waals surface area (Å²) in [5.41, 5.74) is 3.88. The summed E-state index contributed by atoms with van der Waals surface area (Å²) in [7, 11) is 0. The van der Waals surface area contributed by atoms with Gasteiger partial charge in [0.2, 0.25) is 0 Å². The topological polar surface area (TPSA) is 74.6 Å². The molecule has 90 valence electrons. The molecule has 0 unspecified atom stereocenters. The van der Waals surface area contributed by atoms with Gasteiger partial charge < -0.3 is 5.11 Å². The van der Waals surface area contributed by atoms with Crippen molar-refractivity contribution < 1.29 is 9.90 Å². The van der Waals surface area contributed by atoms with Crippen LogP contribution in [0.15, 0.2) is 60.0 Å². The van der Waals surface area contributed by atoms with Crippen LogP contribution in [0.2, 0.25) is 0 Å². The zero-order valence-corrected chi connectivity index (χ0v) is 9.45. The van der Waals surface area contributed by atoms with E-state index >= 15 is 0 Å². The normalized spacial score (nSPS) is 11.0. The lowest BCUT2D eigenvalue weighted by molar-refractivity contribution is -0.129. The van der Waals surface area contributed by atoms with Crippen LogP contribution in [0.25, 0.3) is 0 Å². The van der Waals surface area contributed by atoms with Crippen LogP contribution in [-0.2, 0) is 4.79 Å². The van der Waals surface area contributed by atoms with E-state index in [-0.39, 0.29) is 5.71 Å². The summed E-state index contributed by atoms with van der Waals surface area (Å²) in [5.74, 6) is -1.09. The Labute approximate surface area is 104 Å². The molecule has 0 aliphatic rings. The molecular weight excluding hydrogens is 230 g/mol. The highest BCUT2D eigenvalue weighted by Crippen LogP contribution is 2.06. The Morgan fingerprint density at radius 1 is 1.11 bits per heavy atom. The van der Waals surface area contributed by atoms with E-state index in [0.717, 1.165) is 5.69 Å². The maximum absolute atomic E-state index is 11.1. The summed E-state index contributed by atoms with van der Waals surface area (Å²) in [5, 5.41) is 13.0. The van der Waals surface area contributed by atoms with Crippen molar-refractivity contribution in [2.75, 3.05) is 5.43 Å². The minimum Gasteiger partial charge on any atom is -0.476 e. The number of nitrogens with one attached hydrogen (secondary N) is 1. The smallest absolute Gasteiger partial charge is 0.356 e. The van der Waals surface area contributed by atoms with E-state index in [4.69, 9.17) is 5.11 Å². The third-order valence-corrected chi connectivity index (χ3v) is 2.23. The van der Waals surface area contributed by atoms with Crippen molar-refractivity contribution >= 4 is 17.4 Å². The van der Waals surface area contributed by atoms with E-state index in [1.165, 1.54) is 12.4 Å². The molecule has 0 saturated carbocycles. The number of hydrazone groups is 1. The highest BCUT2D eigenvalue weighted by atomic mass is 16.4. The Hall–Kier alpha value is -2.69. The molecule has 0 amide bonds. The van der Waals surface area contributed by atoms with Crippen molar-refractivity contribution in [3.63, 3.8) is 0 Å². The first-order chi connectivity index (χ1) is 8.77. The van der Waals surface area contributed by atoms with E-state index in [9.17, 15) is 4.79 Å². The largest absolute Gasteiger partial charge is 0.476 e. The number of aromatic nitrogens is 1. The minimum atomic E-state index is -1.09. The van der Waals surface area contributed by atoms with Gasteiger partial charge in [-0.3, -0.25) is 10.4 Å². The molecule has 0 saturated heterocycles. The molecule has 1 aromatic heterocycles. The number of benzene rings is 1. The van der Waals surface area contributed by atoms with Crippen molar-refractivity contribution in [2.45, 2.75) is 0 Å². The second-order valence-electron chi connectivity index (χ2n) is 3.48. The van der Waals surface area contributed by atoms with E-state index in [1.54, 1.807) is 24.3 Å². The molecule has 0 aliphatic carbocycles.